The summed E-state index contributed by atoms with van der Waals surface area (Å²) in [6.45, 7) is 14.9. The fraction of sp³-hybridized carbons (Fsp3) is 0.627. The molecule has 0 aliphatic carbocycles. The Morgan fingerprint density at radius 2 is 0.929 bits per heavy atom. The van der Waals surface area contributed by atoms with Gasteiger partial charge in [0.2, 0.25) is 47.3 Å². The average Bonchev–Trinajstić information content (AvgIpc) is 3.50. The third kappa shape index (κ3) is 28.1. The van der Waals surface area contributed by atoms with E-state index in [0.29, 0.717) is 42.7 Å². The molecule has 18 N–H and O–H groups in total. The number of carboxylic acids is 1. The maximum absolute atomic E-state index is 14.7. The second-order valence-corrected chi connectivity index (χ2v) is 23.7. The molecule has 84 heavy (non-hydrogen) atoms. The van der Waals surface area contributed by atoms with E-state index in [1.165, 1.54) is 23.9 Å². The van der Waals surface area contributed by atoms with Gasteiger partial charge in [0, 0.05) is 13.0 Å². The van der Waals surface area contributed by atoms with E-state index >= 15 is 0 Å². The molecule has 25 heteroatoms. The highest BCUT2D eigenvalue weighted by Crippen LogP contribution is 2.16. The lowest BCUT2D eigenvalue weighted by atomic mass is 9.98. The minimum Gasteiger partial charge on any atom is -0.508 e. The van der Waals surface area contributed by atoms with Crippen molar-refractivity contribution in [3.63, 3.8) is 0 Å². The van der Waals surface area contributed by atoms with Crippen molar-refractivity contribution in [3.8, 4) is 5.75 Å². The van der Waals surface area contributed by atoms with Gasteiger partial charge >= 0.3 is 5.97 Å². The van der Waals surface area contributed by atoms with Crippen LogP contribution in [-0.4, -0.2) is 149 Å². The molecule has 0 aliphatic heterocycles. The number of guanidine groups is 1. The van der Waals surface area contributed by atoms with Gasteiger partial charge in [-0.25, -0.2) is 4.79 Å². The van der Waals surface area contributed by atoms with Crippen LogP contribution in [-0.2, 0) is 56.0 Å². The second kappa shape index (κ2) is 38.8. The molecule has 470 valence electrons. The molecule has 10 atom stereocenters. The summed E-state index contributed by atoms with van der Waals surface area (Å²) >= 11 is 1.43. The van der Waals surface area contributed by atoms with Crippen molar-refractivity contribution in [2.75, 3.05) is 25.1 Å². The van der Waals surface area contributed by atoms with E-state index in [1.807, 2.05) is 47.8 Å². The molecule has 0 aliphatic rings. The number of amides is 8. The number of rotatable bonds is 40. The first kappa shape index (κ1) is 73.1. The number of carbonyl (C=O) groups is 9. The van der Waals surface area contributed by atoms with Crippen LogP contribution in [0.25, 0.3) is 0 Å². The molecule has 0 aromatic heterocycles. The fourth-order valence-corrected chi connectivity index (χ4v) is 9.51. The van der Waals surface area contributed by atoms with Gasteiger partial charge in [-0.15, -0.1) is 0 Å². The number of aromatic hydroxyl groups is 1. The van der Waals surface area contributed by atoms with Crippen LogP contribution in [0.1, 0.15) is 131 Å². The number of phenols is 1. The van der Waals surface area contributed by atoms with Gasteiger partial charge in [-0.3, -0.25) is 43.3 Å². The number of nitrogens with zero attached hydrogens (tertiary/aromatic N) is 1. The number of aliphatic carboxylic acids is 1. The third-order valence-electron chi connectivity index (χ3n) is 13.8. The zero-order valence-corrected chi connectivity index (χ0v) is 51.4. The largest absolute Gasteiger partial charge is 0.508 e. The highest BCUT2D eigenvalue weighted by Gasteiger charge is 2.36. The monoisotopic (exact) mass is 1200 g/mol. The van der Waals surface area contributed by atoms with E-state index in [2.05, 4.69) is 47.5 Å². The summed E-state index contributed by atoms with van der Waals surface area (Å²) in [5.74, 6) is -7.44. The quantitative estimate of drug-likeness (QED) is 0.0256. The van der Waals surface area contributed by atoms with E-state index in [4.69, 9.17) is 22.9 Å². The highest BCUT2D eigenvalue weighted by molar-refractivity contribution is 7.98. The van der Waals surface area contributed by atoms with Gasteiger partial charge in [0.15, 0.2) is 5.96 Å². The molecular weight excluding hydrogens is 1100 g/mol. The van der Waals surface area contributed by atoms with Crippen molar-refractivity contribution >= 4 is 70.9 Å². The molecule has 2 aromatic carbocycles. The minimum absolute atomic E-state index is 0.0202. The topological polar surface area (TPSA) is 407 Å². The van der Waals surface area contributed by atoms with Gasteiger partial charge in [-0.2, -0.15) is 11.8 Å². The van der Waals surface area contributed by atoms with Crippen LogP contribution in [0.4, 0.5) is 0 Å². The Kier molecular flexibility index (Phi) is 33.8. The van der Waals surface area contributed by atoms with Crippen LogP contribution >= 0.6 is 11.8 Å². The Morgan fingerprint density at radius 1 is 0.524 bits per heavy atom. The number of carbonyl (C=O) groups excluding carboxylic acids is 8. The lowest BCUT2D eigenvalue weighted by Gasteiger charge is -2.29. The van der Waals surface area contributed by atoms with Gasteiger partial charge in [-0.05, 0) is 130 Å². The number of thioether (sulfide) groups is 1. The Morgan fingerprint density at radius 3 is 1.37 bits per heavy atom. The summed E-state index contributed by atoms with van der Waals surface area (Å²) in [6.07, 6.45) is 4.12. The summed E-state index contributed by atoms with van der Waals surface area (Å²) in [6, 6.07) is 4.28. The van der Waals surface area contributed by atoms with Gasteiger partial charge < -0.3 is 75.7 Å². The van der Waals surface area contributed by atoms with E-state index in [0.717, 1.165) is 0 Å². The molecule has 0 spiro atoms. The molecule has 8 amide bonds. The zero-order valence-electron chi connectivity index (χ0n) is 50.5. The minimum atomic E-state index is -1.30. The van der Waals surface area contributed by atoms with Crippen LogP contribution in [0.5, 0.6) is 5.75 Å². The molecule has 0 saturated carbocycles. The molecule has 0 radical (unpaired) electrons. The SMILES string of the molecule is CCC(C)C(NC(=O)C(CCCCN)NC(=O)C(CCCN=C(N)N)NC(=O)C(CC(C)C)NC(=O)C(CC(C)C)NC(=O)C(Cc1ccccc1)NC(=O)C(CCSC)NC(=O)C(CC(C)C)NC(=O)C(N)Cc1ccc(O)cc1)C(=O)O. The lowest BCUT2D eigenvalue weighted by molar-refractivity contribution is -0.144. The van der Waals surface area contributed by atoms with Crippen molar-refractivity contribution in [1.82, 2.24) is 42.5 Å². The first-order valence-corrected chi connectivity index (χ1v) is 30.6. The summed E-state index contributed by atoms with van der Waals surface area (Å²) in [5.41, 5.74) is 24.5. The summed E-state index contributed by atoms with van der Waals surface area (Å²) in [4.78, 5) is 130. The molecule has 0 saturated heterocycles. The van der Waals surface area contributed by atoms with Gasteiger partial charge in [0.05, 0.1) is 6.04 Å². The van der Waals surface area contributed by atoms with E-state index in [-0.39, 0.29) is 93.8 Å². The normalized spacial score (nSPS) is 14.9. The van der Waals surface area contributed by atoms with Crippen LogP contribution in [0, 0.1) is 23.7 Å². The highest BCUT2D eigenvalue weighted by atomic mass is 32.2. The molecule has 24 nitrogen and oxygen atoms in total. The van der Waals surface area contributed by atoms with Gasteiger partial charge in [-0.1, -0.05) is 104 Å². The number of unbranched alkanes of at least 4 members (excludes halogenated alkanes) is 1. The van der Waals surface area contributed by atoms with E-state index in [1.54, 1.807) is 56.3 Å². The van der Waals surface area contributed by atoms with Crippen LogP contribution in [0.2, 0.25) is 0 Å². The van der Waals surface area contributed by atoms with Crippen molar-refractivity contribution < 1.29 is 53.4 Å². The van der Waals surface area contributed by atoms with Crippen molar-refractivity contribution in [2.45, 2.75) is 187 Å². The average molecular weight is 1200 g/mol. The van der Waals surface area contributed by atoms with Crippen LogP contribution < -0.4 is 65.5 Å². The Hall–Kier alpha value is -6.99. The Bertz CT molecular complexity index is 2430. The number of nitrogens with two attached hydrogens (primary N) is 4. The third-order valence-corrected chi connectivity index (χ3v) is 14.5. The van der Waals surface area contributed by atoms with Crippen molar-refractivity contribution in [1.29, 1.82) is 0 Å². The number of nitrogens with one attached hydrogen (secondary N) is 8. The molecule has 2 aromatic rings. The zero-order chi connectivity index (χ0) is 63.1. The first-order valence-electron chi connectivity index (χ1n) is 29.2. The summed E-state index contributed by atoms with van der Waals surface area (Å²) in [5, 5.41) is 41.7. The fourth-order valence-electron chi connectivity index (χ4n) is 9.03. The van der Waals surface area contributed by atoms with Gasteiger partial charge in [0.1, 0.15) is 54.1 Å². The molecule has 0 bridgehead atoms. The Labute approximate surface area is 499 Å². The van der Waals surface area contributed by atoms with Crippen LogP contribution in [0.15, 0.2) is 59.6 Å². The predicted molar refractivity (Wildman–Crippen MR) is 327 cm³/mol. The second-order valence-electron chi connectivity index (χ2n) is 22.7. The number of hydrogen-bond acceptors (Lipinski definition) is 14. The smallest absolute Gasteiger partial charge is 0.326 e. The van der Waals surface area contributed by atoms with Crippen LogP contribution in [0.3, 0.4) is 0 Å². The summed E-state index contributed by atoms with van der Waals surface area (Å²) in [7, 11) is 0. The molecular formula is C59H97N13O11S. The van der Waals surface area contributed by atoms with Crippen molar-refractivity contribution in [3.05, 3.63) is 65.7 Å². The van der Waals surface area contributed by atoms with Gasteiger partial charge in [0.25, 0.3) is 0 Å². The Balaban J connectivity index is 2.50. The molecule has 0 fully saturated rings. The van der Waals surface area contributed by atoms with Crippen molar-refractivity contribution in [2.24, 2.45) is 51.6 Å². The van der Waals surface area contributed by atoms with E-state index in [9.17, 15) is 53.4 Å². The predicted octanol–water partition coefficient (Wildman–Crippen LogP) is 1.59. The first-order chi connectivity index (χ1) is 39.7. The maximum atomic E-state index is 14.7. The molecule has 0 heterocycles. The lowest BCUT2D eigenvalue weighted by Crippen LogP contribution is -2.61. The maximum Gasteiger partial charge on any atom is 0.326 e. The van der Waals surface area contributed by atoms with E-state index < -0.39 is 114 Å². The number of hydrogen-bond donors (Lipinski definition) is 14. The molecule has 10 unspecified atom stereocenters. The number of phenolic OH excluding ortho intramolecular Hbond substituents is 1. The number of benzene rings is 2. The number of aliphatic imine (C=N–C) groups is 1. The number of carboxylic acid groups (broad SMARTS) is 1. The molecule has 2 rings (SSSR count). The standard InChI is InChI=1S/C59H97N13O11S/c1-10-37(8)49(58(82)83)72-53(77)42(19-14-15-26-60)65-51(75)43(20-16-27-64-59(62)63)66-55(79)46(30-35(4)5)69-56(80)47(31-36(6)7)70-57(81)48(33-38-17-12-11-13-18-38)71-52(76)44(25-28-84-9)67-54(78)45(29-34(2)3)68-50(74)41(61)32-39-21-23-40(73)24-22-39/h11-13,17-18,21-24,34-37,41-49,73H,10,14-16,19-20,25-33,60-61H2,1-9H3,(H,65,75)(H,66,79)(H,67,78)(H,68,74)(H,69,80)(H,70,81)(H,71,76)(H,72,77)(H,82,83)(H4,62,63,64). The summed E-state index contributed by atoms with van der Waals surface area (Å²) < 4.78 is 0.